The third-order valence-electron chi connectivity index (χ3n) is 5.46. The van der Waals surface area contributed by atoms with E-state index in [1.165, 1.54) is 18.2 Å². The first-order chi connectivity index (χ1) is 14.3. The minimum atomic E-state index is -3.75. The Morgan fingerprint density at radius 1 is 1.00 bits per heavy atom. The fourth-order valence-electron chi connectivity index (χ4n) is 3.87. The normalized spacial score (nSPS) is 21.2. The lowest BCUT2D eigenvalue weighted by molar-refractivity contribution is -0.119. The highest BCUT2D eigenvalue weighted by Crippen LogP contribution is 2.31. The first kappa shape index (κ1) is 20.7. The van der Waals surface area contributed by atoms with Crippen molar-refractivity contribution in [1.29, 1.82) is 0 Å². The first-order valence-corrected chi connectivity index (χ1v) is 11.7. The molecule has 4 rings (SSSR count). The molecule has 2 aromatic rings. The Balaban J connectivity index is 1.54. The maximum atomic E-state index is 13.1. The van der Waals surface area contributed by atoms with Crippen molar-refractivity contribution in [3.63, 3.8) is 0 Å². The lowest BCUT2D eigenvalue weighted by Gasteiger charge is -2.36. The van der Waals surface area contributed by atoms with E-state index in [2.05, 4.69) is 4.90 Å². The molecule has 0 aromatic heterocycles. The summed E-state index contributed by atoms with van der Waals surface area (Å²) in [6, 6.07) is 14.3. The zero-order valence-electron chi connectivity index (χ0n) is 16.5. The van der Waals surface area contributed by atoms with Crippen molar-refractivity contribution in [1.82, 2.24) is 4.90 Å². The maximum Gasteiger partial charge on any atom is 0.255 e. The molecular formula is C21H22ClN3O4S. The van der Waals surface area contributed by atoms with Crippen molar-refractivity contribution in [2.45, 2.75) is 6.92 Å². The van der Waals surface area contributed by atoms with E-state index in [0.717, 1.165) is 9.99 Å². The predicted octanol–water partition coefficient (Wildman–Crippen LogP) is 2.61. The number of hydrogen-bond donors (Lipinski definition) is 0. The molecular weight excluding hydrogens is 426 g/mol. The second-order valence-electron chi connectivity index (χ2n) is 7.56. The van der Waals surface area contributed by atoms with Crippen molar-refractivity contribution in [2.75, 3.05) is 41.1 Å². The van der Waals surface area contributed by atoms with Crippen LogP contribution in [0, 0.1) is 5.92 Å². The van der Waals surface area contributed by atoms with E-state index < -0.39 is 21.8 Å². The topological polar surface area (TPSA) is 78.0 Å². The summed E-state index contributed by atoms with van der Waals surface area (Å²) in [6.07, 6.45) is 0. The molecule has 2 amide bonds. The fourth-order valence-corrected chi connectivity index (χ4v) is 5.88. The van der Waals surface area contributed by atoms with Gasteiger partial charge in [0.25, 0.3) is 5.91 Å². The molecule has 158 valence electrons. The largest absolute Gasteiger partial charge is 0.368 e. The number of anilines is 2. The highest BCUT2D eigenvalue weighted by atomic mass is 35.5. The van der Waals surface area contributed by atoms with Crippen LogP contribution < -0.4 is 9.21 Å². The van der Waals surface area contributed by atoms with Gasteiger partial charge in [-0.1, -0.05) is 36.7 Å². The van der Waals surface area contributed by atoms with Crippen LogP contribution in [0.1, 0.15) is 17.3 Å². The summed E-state index contributed by atoms with van der Waals surface area (Å²) in [4.78, 5) is 29.4. The number of piperazine rings is 1. The zero-order valence-corrected chi connectivity index (χ0v) is 18.1. The summed E-state index contributed by atoms with van der Waals surface area (Å²) >= 11 is 6.27. The molecule has 1 atom stereocenters. The summed E-state index contributed by atoms with van der Waals surface area (Å²) in [7, 11) is -3.75. The number of para-hydroxylation sites is 1. The molecule has 2 fully saturated rings. The molecule has 9 heteroatoms. The number of rotatable bonds is 3. The number of carbonyl (C=O) groups is 2. The summed E-state index contributed by atoms with van der Waals surface area (Å²) in [5.41, 5.74) is 1.46. The van der Waals surface area contributed by atoms with Crippen LogP contribution in [-0.2, 0) is 14.8 Å². The number of nitrogens with zero attached hydrogens (tertiary/aromatic N) is 3. The molecule has 0 radical (unpaired) electrons. The van der Waals surface area contributed by atoms with Crippen LogP contribution in [0.3, 0.4) is 0 Å². The van der Waals surface area contributed by atoms with Gasteiger partial charge < -0.3 is 9.80 Å². The average molecular weight is 448 g/mol. The summed E-state index contributed by atoms with van der Waals surface area (Å²) in [6.45, 7) is 3.99. The Bertz CT molecular complexity index is 1080. The number of sulfonamides is 1. The number of benzene rings is 2. The predicted molar refractivity (Wildman–Crippen MR) is 116 cm³/mol. The van der Waals surface area contributed by atoms with Gasteiger partial charge in [-0.05, 0) is 30.3 Å². The van der Waals surface area contributed by atoms with Crippen molar-refractivity contribution >= 4 is 44.8 Å². The van der Waals surface area contributed by atoms with Crippen LogP contribution in [0.2, 0.25) is 5.02 Å². The molecule has 0 spiro atoms. The van der Waals surface area contributed by atoms with Crippen LogP contribution in [0.15, 0.2) is 48.5 Å². The van der Waals surface area contributed by atoms with E-state index in [-0.39, 0.29) is 27.9 Å². The van der Waals surface area contributed by atoms with Gasteiger partial charge >= 0.3 is 0 Å². The third kappa shape index (κ3) is 3.77. The fraction of sp³-hybridized carbons (Fsp3) is 0.333. The summed E-state index contributed by atoms with van der Waals surface area (Å²) in [5, 5.41) is 0.228. The van der Waals surface area contributed by atoms with Crippen molar-refractivity contribution < 1.29 is 18.0 Å². The van der Waals surface area contributed by atoms with E-state index in [4.69, 9.17) is 11.6 Å². The lowest BCUT2D eigenvalue weighted by Crippen LogP contribution is -2.48. The summed E-state index contributed by atoms with van der Waals surface area (Å²) < 4.78 is 25.6. The van der Waals surface area contributed by atoms with E-state index in [1.54, 1.807) is 11.8 Å². The van der Waals surface area contributed by atoms with Gasteiger partial charge in [-0.3, -0.25) is 9.59 Å². The number of hydrogen-bond acceptors (Lipinski definition) is 5. The SMILES string of the molecule is CC1CS(=O)(=O)N(c2ccc(Cl)c(C(=O)N3CCN(c4ccccc4)CC3)c2)C1=O. The minimum absolute atomic E-state index is 0.153. The van der Waals surface area contributed by atoms with Gasteiger partial charge in [0.05, 0.1) is 27.9 Å². The van der Waals surface area contributed by atoms with Crippen molar-refractivity contribution in [2.24, 2.45) is 5.92 Å². The van der Waals surface area contributed by atoms with E-state index >= 15 is 0 Å². The van der Waals surface area contributed by atoms with Crippen LogP contribution in [0.5, 0.6) is 0 Å². The van der Waals surface area contributed by atoms with Gasteiger partial charge in [0.1, 0.15) is 0 Å². The molecule has 2 saturated heterocycles. The average Bonchev–Trinajstić information content (AvgIpc) is 2.95. The van der Waals surface area contributed by atoms with Gasteiger partial charge in [0, 0.05) is 31.9 Å². The van der Waals surface area contributed by atoms with Gasteiger partial charge in [-0.25, -0.2) is 12.7 Å². The molecule has 2 aliphatic rings. The van der Waals surface area contributed by atoms with Gasteiger partial charge in [-0.15, -0.1) is 0 Å². The van der Waals surface area contributed by atoms with E-state index in [0.29, 0.717) is 26.2 Å². The standard InChI is InChI=1S/C21H22ClN3O4S/c1-15-14-30(28,29)25(20(15)26)17-7-8-19(22)18(13-17)21(27)24-11-9-23(10-12-24)16-5-3-2-4-6-16/h2-8,13,15H,9-12,14H2,1H3. The lowest BCUT2D eigenvalue weighted by atomic mass is 10.1. The smallest absolute Gasteiger partial charge is 0.255 e. The quantitative estimate of drug-likeness (QED) is 0.722. The van der Waals surface area contributed by atoms with Crippen LogP contribution >= 0.6 is 11.6 Å². The maximum absolute atomic E-state index is 13.1. The second-order valence-corrected chi connectivity index (χ2v) is 9.83. The summed E-state index contributed by atoms with van der Waals surface area (Å²) in [5.74, 6) is -1.62. The molecule has 7 nitrogen and oxygen atoms in total. The first-order valence-electron chi connectivity index (χ1n) is 9.73. The molecule has 2 aliphatic heterocycles. The van der Waals surface area contributed by atoms with E-state index in [9.17, 15) is 18.0 Å². The zero-order chi connectivity index (χ0) is 21.5. The van der Waals surface area contributed by atoms with Crippen LogP contribution in [-0.4, -0.2) is 57.1 Å². The molecule has 2 heterocycles. The van der Waals surface area contributed by atoms with Crippen LogP contribution in [0.25, 0.3) is 0 Å². The number of amides is 2. The Morgan fingerprint density at radius 3 is 2.27 bits per heavy atom. The Hall–Kier alpha value is -2.58. The Labute approximate surface area is 180 Å². The Morgan fingerprint density at radius 2 is 1.67 bits per heavy atom. The molecule has 30 heavy (non-hydrogen) atoms. The Kier molecular flexibility index (Phi) is 5.46. The highest BCUT2D eigenvalue weighted by Gasteiger charge is 2.42. The van der Waals surface area contributed by atoms with Gasteiger partial charge in [0.2, 0.25) is 15.9 Å². The molecule has 0 bridgehead atoms. The molecule has 0 aliphatic carbocycles. The van der Waals surface area contributed by atoms with Crippen molar-refractivity contribution in [3.05, 3.63) is 59.1 Å². The minimum Gasteiger partial charge on any atom is -0.368 e. The van der Waals surface area contributed by atoms with Crippen LogP contribution in [0.4, 0.5) is 11.4 Å². The van der Waals surface area contributed by atoms with E-state index in [1.807, 2.05) is 30.3 Å². The number of carbonyl (C=O) groups excluding carboxylic acids is 2. The monoisotopic (exact) mass is 447 g/mol. The molecule has 2 aromatic carbocycles. The van der Waals surface area contributed by atoms with Gasteiger partial charge in [0.15, 0.2) is 0 Å². The van der Waals surface area contributed by atoms with Crippen molar-refractivity contribution in [3.8, 4) is 0 Å². The van der Waals surface area contributed by atoms with Gasteiger partial charge in [-0.2, -0.15) is 0 Å². The molecule has 0 saturated carbocycles. The molecule has 1 unspecified atom stereocenters. The third-order valence-corrected chi connectivity index (χ3v) is 7.66. The molecule has 0 N–H and O–H groups in total. The second kappa shape index (κ2) is 7.92. The number of halogens is 1. The highest BCUT2D eigenvalue weighted by molar-refractivity contribution is 7.94.